The second kappa shape index (κ2) is 6.54. The van der Waals surface area contributed by atoms with E-state index in [9.17, 15) is 9.90 Å². The normalized spacial score (nSPS) is 17.6. The number of thiazole rings is 1. The minimum atomic E-state index is -0.485. The Bertz CT molecular complexity index is 459. The van der Waals surface area contributed by atoms with Crippen LogP contribution < -0.4 is 10.6 Å². The molecular formula is C14H23N3O2S. The summed E-state index contributed by atoms with van der Waals surface area (Å²) in [6, 6.07) is -0.208. The van der Waals surface area contributed by atoms with E-state index in [0.717, 1.165) is 30.7 Å². The van der Waals surface area contributed by atoms with Crippen LogP contribution in [-0.4, -0.2) is 34.8 Å². The van der Waals surface area contributed by atoms with Crippen LogP contribution in [0.5, 0.6) is 0 Å². The number of amides is 2. The lowest BCUT2D eigenvalue weighted by atomic mass is 9.97. The molecule has 1 unspecified atom stereocenters. The summed E-state index contributed by atoms with van der Waals surface area (Å²) in [6.45, 7) is 4.56. The molecule has 3 N–H and O–H groups in total. The summed E-state index contributed by atoms with van der Waals surface area (Å²) in [5.74, 6) is 0.407. The van der Waals surface area contributed by atoms with Gasteiger partial charge in [-0.05, 0) is 32.1 Å². The molecule has 20 heavy (non-hydrogen) atoms. The Kier molecular flexibility index (Phi) is 4.99. The van der Waals surface area contributed by atoms with Gasteiger partial charge >= 0.3 is 6.03 Å². The minimum Gasteiger partial charge on any atom is -0.394 e. The van der Waals surface area contributed by atoms with E-state index in [1.807, 2.05) is 13.1 Å². The van der Waals surface area contributed by atoms with Crippen molar-refractivity contribution < 1.29 is 9.90 Å². The molecule has 1 aromatic rings. The molecule has 1 fully saturated rings. The second-order valence-electron chi connectivity index (χ2n) is 5.55. The summed E-state index contributed by atoms with van der Waals surface area (Å²) in [7, 11) is 0. The zero-order valence-electron chi connectivity index (χ0n) is 12.1. The third kappa shape index (κ3) is 3.93. The Morgan fingerprint density at radius 2 is 2.35 bits per heavy atom. The maximum atomic E-state index is 11.9. The van der Waals surface area contributed by atoms with E-state index >= 15 is 0 Å². The number of hydrogen-bond acceptors (Lipinski definition) is 4. The van der Waals surface area contributed by atoms with Crippen molar-refractivity contribution in [1.29, 1.82) is 0 Å². The highest BCUT2D eigenvalue weighted by atomic mass is 32.1. The molecule has 5 nitrogen and oxygen atoms in total. The lowest BCUT2D eigenvalue weighted by Gasteiger charge is -2.28. The molecule has 1 atom stereocenters. The Balaban J connectivity index is 1.72. The number of nitrogens with one attached hydrogen (secondary N) is 2. The van der Waals surface area contributed by atoms with Crippen LogP contribution in [0.1, 0.15) is 36.6 Å². The molecule has 0 saturated heterocycles. The van der Waals surface area contributed by atoms with Crippen molar-refractivity contribution in [2.24, 2.45) is 5.92 Å². The van der Waals surface area contributed by atoms with Gasteiger partial charge in [0.1, 0.15) is 0 Å². The van der Waals surface area contributed by atoms with Crippen LogP contribution in [0.3, 0.4) is 0 Å². The Morgan fingerprint density at radius 3 is 2.90 bits per heavy atom. The topological polar surface area (TPSA) is 74.2 Å². The van der Waals surface area contributed by atoms with E-state index < -0.39 is 5.54 Å². The highest BCUT2D eigenvalue weighted by molar-refractivity contribution is 7.11. The summed E-state index contributed by atoms with van der Waals surface area (Å²) in [5.41, 5.74) is -0.485. The molecule has 1 aliphatic rings. The van der Waals surface area contributed by atoms with E-state index in [4.69, 9.17) is 0 Å². The average Bonchev–Trinajstić information content (AvgIpc) is 3.20. The van der Waals surface area contributed by atoms with Crippen molar-refractivity contribution in [2.45, 2.75) is 45.1 Å². The molecule has 0 aliphatic heterocycles. The number of aromatic nitrogens is 1. The number of carbonyl (C=O) groups excluding carboxylic acids is 1. The number of aliphatic hydroxyl groups is 1. The van der Waals surface area contributed by atoms with Gasteiger partial charge in [0, 0.05) is 24.0 Å². The Morgan fingerprint density at radius 1 is 1.60 bits per heavy atom. The van der Waals surface area contributed by atoms with Gasteiger partial charge in [0.05, 0.1) is 17.2 Å². The molecule has 0 bridgehead atoms. The van der Waals surface area contributed by atoms with Crippen LogP contribution in [0.15, 0.2) is 6.20 Å². The van der Waals surface area contributed by atoms with Gasteiger partial charge in [-0.3, -0.25) is 0 Å². The van der Waals surface area contributed by atoms with Crippen molar-refractivity contribution in [3.8, 4) is 0 Å². The molecule has 0 spiro atoms. The zero-order chi connectivity index (χ0) is 14.6. The molecular weight excluding hydrogens is 274 g/mol. The van der Waals surface area contributed by atoms with Gasteiger partial charge in [0.25, 0.3) is 0 Å². The van der Waals surface area contributed by atoms with Crippen molar-refractivity contribution >= 4 is 17.4 Å². The fourth-order valence-corrected chi connectivity index (χ4v) is 3.07. The molecule has 1 heterocycles. The molecule has 0 radical (unpaired) electrons. The SMILES string of the molecule is CCc1cnc(CCNC(=O)NC(C)(CO)C2CC2)s1. The lowest BCUT2D eigenvalue weighted by Crippen LogP contribution is -2.54. The number of aliphatic hydroxyl groups excluding tert-OH is 1. The lowest BCUT2D eigenvalue weighted by molar-refractivity contribution is 0.155. The predicted octanol–water partition coefficient (Wildman–Crippen LogP) is 1.71. The van der Waals surface area contributed by atoms with Gasteiger partial charge in [0.2, 0.25) is 0 Å². The van der Waals surface area contributed by atoms with Crippen LogP contribution in [-0.2, 0) is 12.8 Å². The summed E-state index contributed by atoms with van der Waals surface area (Å²) < 4.78 is 0. The maximum Gasteiger partial charge on any atom is 0.315 e. The highest BCUT2D eigenvalue weighted by Gasteiger charge is 2.42. The van der Waals surface area contributed by atoms with Crippen molar-refractivity contribution in [2.75, 3.05) is 13.2 Å². The molecule has 1 saturated carbocycles. The standard InChI is InChI=1S/C14H23N3O2S/c1-3-11-8-16-12(20-11)6-7-15-13(19)17-14(2,9-18)10-4-5-10/h8,10,18H,3-7,9H2,1-2H3,(H2,15,17,19). The molecule has 1 aromatic heterocycles. The van der Waals surface area contributed by atoms with Crippen LogP contribution in [0, 0.1) is 5.92 Å². The van der Waals surface area contributed by atoms with Crippen LogP contribution >= 0.6 is 11.3 Å². The first-order valence-electron chi connectivity index (χ1n) is 7.18. The van der Waals surface area contributed by atoms with E-state index in [2.05, 4.69) is 22.5 Å². The highest BCUT2D eigenvalue weighted by Crippen LogP contribution is 2.39. The van der Waals surface area contributed by atoms with E-state index in [1.54, 1.807) is 11.3 Å². The van der Waals surface area contributed by atoms with Crippen molar-refractivity contribution in [3.05, 3.63) is 16.1 Å². The summed E-state index contributed by atoms with van der Waals surface area (Å²) >= 11 is 1.69. The first-order valence-corrected chi connectivity index (χ1v) is 7.99. The van der Waals surface area contributed by atoms with E-state index in [-0.39, 0.29) is 12.6 Å². The maximum absolute atomic E-state index is 11.9. The third-order valence-electron chi connectivity index (χ3n) is 3.78. The second-order valence-corrected chi connectivity index (χ2v) is 6.75. The Labute approximate surface area is 123 Å². The van der Waals surface area contributed by atoms with Gasteiger partial charge in [-0.1, -0.05) is 6.92 Å². The predicted molar refractivity (Wildman–Crippen MR) is 79.9 cm³/mol. The first kappa shape index (κ1) is 15.3. The quantitative estimate of drug-likeness (QED) is 0.717. The number of carbonyl (C=O) groups is 1. The van der Waals surface area contributed by atoms with Gasteiger partial charge in [0.15, 0.2) is 0 Å². The van der Waals surface area contributed by atoms with Crippen LogP contribution in [0.25, 0.3) is 0 Å². The molecule has 6 heteroatoms. The van der Waals surface area contributed by atoms with Crippen LogP contribution in [0.4, 0.5) is 4.79 Å². The number of rotatable bonds is 7. The number of hydrogen-bond donors (Lipinski definition) is 3. The number of urea groups is 1. The molecule has 2 rings (SSSR count). The zero-order valence-corrected chi connectivity index (χ0v) is 12.9. The van der Waals surface area contributed by atoms with Gasteiger partial charge in [-0.15, -0.1) is 11.3 Å². The average molecular weight is 297 g/mol. The smallest absolute Gasteiger partial charge is 0.315 e. The molecule has 2 amide bonds. The molecule has 0 aromatic carbocycles. The van der Waals surface area contributed by atoms with Gasteiger partial charge in [-0.2, -0.15) is 0 Å². The third-order valence-corrected chi connectivity index (χ3v) is 4.98. The number of aryl methyl sites for hydroxylation is 1. The largest absolute Gasteiger partial charge is 0.394 e. The Hall–Kier alpha value is -1.14. The van der Waals surface area contributed by atoms with Gasteiger partial charge in [-0.25, -0.2) is 9.78 Å². The van der Waals surface area contributed by atoms with Crippen molar-refractivity contribution in [3.63, 3.8) is 0 Å². The summed E-state index contributed by atoms with van der Waals surface area (Å²) in [4.78, 5) is 17.4. The fraction of sp³-hybridized carbons (Fsp3) is 0.714. The molecule has 1 aliphatic carbocycles. The van der Waals surface area contributed by atoms with Crippen molar-refractivity contribution in [1.82, 2.24) is 15.6 Å². The first-order chi connectivity index (χ1) is 9.57. The van der Waals surface area contributed by atoms with Crippen LogP contribution in [0.2, 0.25) is 0 Å². The molecule has 112 valence electrons. The monoisotopic (exact) mass is 297 g/mol. The fourth-order valence-electron chi connectivity index (χ4n) is 2.20. The van der Waals surface area contributed by atoms with Gasteiger partial charge < -0.3 is 15.7 Å². The minimum absolute atomic E-state index is 0.0164. The summed E-state index contributed by atoms with van der Waals surface area (Å²) in [5, 5.41) is 16.2. The summed E-state index contributed by atoms with van der Waals surface area (Å²) in [6.07, 6.45) is 5.81. The van der Waals surface area contributed by atoms with E-state index in [0.29, 0.717) is 12.5 Å². The van der Waals surface area contributed by atoms with E-state index in [1.165, 1.54) is 4.88 Å². The number of nitrogens with zero attached hydrogens (tertiary/aromatic N) is 1.